The molecule has 7 heteroatoms. The van der Waals surface area contributed by atoms with Crippen molar-refractivity contribution in [2.45, 2.75) is 20.8 Å². The maximum Gasteiger partial charge on any atom is 0.293 e. The molecule has 0 aliphatic carbocycles. The van der Waals surface area contributed by atoms with Crippen LogP contribution in [0.3, 0.4) is 0 Å². The van der Waals surface area contributed by atoms with Crippen LogP contribution < -0.4 is 0 Å². The number of aromatic amines is 1. The second kappa shape index (κ2) is 6.13. The van der Waals surface area contributed by atoms with Crippen molar-refractivity contribution in [2.75, 3.05) is 26.7 Å². The summed E-state index contributed by atoms with van der Waals surface area (Å²) in [4.78, 5) is 30.7. The topological polar surface area (TPSA) is 82.2 Å². The van der Waals surface area contributed by atoms with Gasteiger partial charge in [-0.3, -0.25) is 14.7 Å². The van der Waals surface area contributed by atoms with E-state index in [-0.39, 0.29) is 24.2 Å². The van der Waals surface area contributed by atoms with Gasteiger partial charge in [-0.2, -0.15) is 0 Å². The monoisotopic (exact) mass is 253 g/mol. The van der Waals surface area contributed by atoms with Crippen LogP contribution in [0.25, 0.3) is 0 Å². The van der Waals surface area contributed by atoms with E-state index in [1.165, 1.54) is 4.90 Å². The molecule has 1 rings (SSSR count). The molecule has 7 nitrogen and oxygen atoms in total. The smallest absolute Gasteiger partial charge is 0.293 e. The third kappa shape index (κ3) is 3.28. The molecule has 0 aliphatic heterocycles. The molecule has 1 heterocycles. The summed E-state index contributed by atoms with van der Waals surface area (Å²) in [6.45, 7) is 6.83. The molecule has 0 fully saturated rings. The van der Waals surface area contributed by atoms with Crippen molar-refractivity contribution in [1.29, 1.82) is 0 Å². The number of carbonyl (C=O) groups is 2. The summed E-state index contributed by atoms with van der Waals surface area (Å²) >= 11 is 0. The summed E-state index contributed by atoms with van der Waals surface area (Å²) in [6, 6.07) is 0. The zero-order chi connectivity index (χ0) is 13.7. The Hall–Kier alpha value is -1.92. The number of hydrogen-bond donors (Lipinski definition) is 1. The number of aryl methyl sites for hydroxylation is 1. The van der Waals surface area contributed by atoms with Crippen LogP contribution in [-0.2, 0) is 4.79 Å². The average Bonchev–Trinajstić information content (AvgIpc) is 2.76. The maximum atomic E-state index is 11.9. The molecule has 1 aromatic heterocycles. The van der Waals surface area contributed by atoms with Gasteiger partial charge < -0.3 is 9.80 Å². The van der Waals surface area contributed by atoms with Gasteiger partial charge in [-0.1, -0.05) is 0 Å². The normalized spacial score (nSPS) is 10.2. The van der Waals surface area contributed by atoms with Crippen LogP contribution in [-0.4, -0.2) is 63.5 Å². The van der Waals surface area contributed by atoms with E-state index in [0.29, 0.717) is 18.9 Å². The minimum absolute atomic E-state index is 0.0358. The zero-order valence-corrected chi connectivity index (χ0v) is 11.2. The predicted molar refractivity (Wildman–Crippen MR) is 66.0 cm³/mol. The first-order valence-corrected chi connectivity index (χ1v) is 5.91. The van der Waals surface area contributed by atoms with Crippen LogP contribution in [0.4, 0.5) is 0 Å². The molecule has 0 spiro atoms. The second-order valence-electron chi connectivity index (χ2n) is 3.97. The third-order valence-corrected chi connectivity index (χ3v) is 2.62. The number of H-pyrrole nitrogens is 1. The van der Waals surface area contributed by atoms with Gasteiger partial charge in [0, 0.05) is 20.1 Å². The molecule has 0 aliphatic rings. The average molecular weight is 253 g/mol. The van der Waals surface area contributed by atoms with Gasteiger partial charge in [0.1, 0.15) is 5.82 Å². The van der Waals surface area contributed by atoms with E-state index in [1.807, 2.05) is 13.8 Å². The van der Waals surface area contributed by atoms with Crippen molar-refractivity contribution >= 4 is 11.8 Å². The quantitative estimate of drug-likeness (QED) is 0.804. The lowest BCUT2D eigenvalue weighted by atomic mass is 10.4. The summed E-state index contributed by atoms with van der Waals surface area (Å²) in [7, 11) is 1.56. The van der Waals surface area contributed by atoms with Gasteiger partial charge in [0.15, 0.2) is 0 Å². The number of hydrogen-bond acceptors (Lipinski definition) is 4. The number of rotatable bonds is 5. The minimum atomic E-state index is -0.361. The van der Waals surface area contributed by atoms with E-state index in [2.05, 4.69) is 15.2 Å². The Labute approximate surface area is 106 Å². The highest BCUT2D eigenvalue weighted by molar-refractivity contribution is 5.93. The van der Waals surface area contributed by atoms with E-state index in [1.54, 1.807) is 18.9 Å². The van der Waals surface area contributed by atoms with Gasteiger partial charge in [-0.05, 0) is 20.8 Å². The van der Waals surface area contributed by atoms with Crippen LogP contribution >= 0.6 is 0 Å². The Morgan fingerprint density at radius 3 is 2.33 bits per heavy atom. The number of carbonyl (C=O) groups excluding carboxylic acids is 2. The molecule has 0 saturated carbocycles. The Balaban J connectivity index is 2.63. The van der Waals surface area contributed by atoms with Crippen molar-refractivity contribution in [3.63, 3.8) is 0 Å². The molecule has 18 heavy (non-hydrogen) atoms. The lowest BCUT2D eigenvalue weighted by Gasteiger charge is -2.22. The Morgan fingerprint density at radius 2 is 1.89 bits per heavy atom. The summed E-state index contributed by atoms with van der Waals surface area (Å²) < 4.78 is 0. The number of aromatic nitrogens is 3. The van der Waals surface area contributed by atoms with Crippen molar-refractivity contribution in [2.24, 2.45) is 0 Å². The van der Waals surface area contributed by atoms with Crippen molar-refractivity contribution in [3.05, 3.63) is 11.6 Å². The fourth-order valence-corrected chi connectivity index (χ4v) is 1.56. The van der Waals surface area contributed by atoms with Gasteiger partial charge in [0.2, 0.25) is 11.7 Å². The van der Waals surface area contributed by atoms with Crippen LogP contribution in [0.2, 0.25) is 0 Å². The number of nitrogens with zero attached hydrogens (tertiary/aromatic N) is 4. The molecule has 0 aromatic carbocycles. The van der Waals surface area contributed by atoms with Crippen LogP contribution in [0.5, 0.6) is 0 Å². The fourth-order valence-electron chi connectivity index (χ4n) is 1.56. The van der Waals surface area contributed by atoms with E-state index >= 15 is 0 Å². The standard InChI is InChI=1S/C11H19N5O2/c1-5-16(6-2)9(17)7-15(4)11(18)10-12-8(3)13-14-10/h5-7H2,1-4H3,(H,12,13,14). The van der Waals surface area contributed by atoms with Crippen molar-refractivity contribution in [3.8, 4) is 0 Å². The maximum absolute atomic E-state index is 11.9. The highest BCUT2D eigenvalue weighted by Crippen LogP contribution is 1.99. The lowest BCUT2D eigenvalue weighted by Crippen LogP contribution is -2.41. The minimum Gasteiger partial charge on any atom is -0.342 e. The summed E-state index contributed by atoms with van der Waals surface area (Å²) in [6.07, 6.45) is 0. The van der Waals surface area contributed by atoms with E-state index in [0.717, 1.165) is 0 Å². The van der Waals surface area contributed by atoms with Crippen molar-refractivity contribution < 1.29 is 9.59 Å². The summed E-state index contributed by atoms with van der Waals surface area (Å²) in [5.74, 6) is 0.215. The fraction of sp³-hybridized carbons (Fsp3) is 0.636. The predicted octanol–water partition coefficient (Wildman–Crippen LogP) is 0.0535. The van der Waals surface area contributed by atoms with Gasteiger partial charge in [0.25, 0.3) is 5.91 Å². The van der Waals surface area contributed by atoms with Crippen molar-refractivity contribution in [1.82, 2.24) is 25.0 Å². The van der Waals surface area contributed by atoms with Gasteiger partial charge in [0.05, 0.1) is 6.54 Å². The first-order valence-electron chi connectivity index (χ1n) is 5.91. The second-order valence-corrected chi connectivity index (χ2v) is 3.97. The van der Waals surface area contributed by atoms with E-state index in [9.17, 15) is 9.59 Å². The first kappa shape index (κ1) is 14.1. The number of nitrogens with one attached hydrogen (secondary N) is 1. The molecule has 0 radical (unpaired) electrons. The van der Waals surface area contributed by atoms with Gasteiger partial charge in [-0.15, -0.1) is 5.10 Å². The molecule has 0 saturated heterocycles. The molecule has 1 N–H and O–H groups in total. The summed E-state index contributed by atoms with van der Waals surface area (Å²) in [5, 5.41) is 6.38. The molecule has 0 bridgehead atoms. The Bertz CT molecular complexity index is 425. The third-order valence-electron chi connectivity index (χ3n) is 2.62. The van der Waals surface area contributed by atoms with E-state index in [4.69, 9.17) is 0 Å². The van der Waals surface area contributed by atoms with Crippen LogP contribution in [0, 0.1) is 6.92 Å². The molecular weight excluding hydrogens is 234 g/mol. The molecule has 0 atom stereocenters. The van der Waals surface area contributed by atoms with Gasteiger partial charge in [-0.25, -0.2) is 4.98 Å². The SMILES string of the molecule is CCN(CC)C(=O)CN(C)C(=O)c1n[nH]c(C)n1. The highest BCUT2D eigenvalue weighted by Gasteiger charge is 2.20. The zero-order valence-electron chi connectivity index (χ0n) is 11.2. The molecule has 2 amide bonds. The van der Waals surface area contributed by atoms with Crippen LogP contribution in [0.1, 0.15) is 30.3 Å². The molecule has 0 unspecified atom stereocenters. The lowest BCUT2D eigenvalue weighted by molar-refractivity contribution is -0.131. The highest BCUT2D eigenvalue weighted by atomic mass is 16.2. The number of amides is 2. The van der Waals surface area contributed by atoms with Crippen LogP contribution in [0.15, 0.2) is 0 Å². The molecule has 100 valence electrons. The summed E-state index contributed by atoms with van der Waals surface area (Å²) in [5.41, 5.74) is 0. The van der Waals surface area contributed by atoms with Gasteiger partial charge >= 0.3 is 0 Å². The molecule has 1 aromatic rings. The Morgan fingerprint density at radius 1 is 1.28 bits per heavy atom. The Kier molecular flexibility index (Phi) is 4.82. The van der Waals surface area contributed by atoms with E-state index < -0.39 is 0 Å². The first-order chi connectivity index (χ1) is 8.49. The number of likely N-dealkylation sites (N-methyl/N-ethyl adjacent to an activating group) is 2. The largest absolute Gasteiger partial charge is 0.342 e. The molecular formula is C11H19N5O2.